The van der Waals surface area contributed by atoms with Crippen LogP contribution >= 0.6 is 0 Å². The van der Waals surface area contributed by atoms with E-state index in [0.717, 1.165) is 51.7 Å². The highest BCUT2D eigenvalue weighted by atomic mass is 16.7. The molecule has 0 aromatic heterocycles. The van der Waals surface area contributed by atoms with Crippen LogP contribution in [0.15, 0.2) is 24.3 Å². The van der Waals surface area contributed by atoms with Gasteiger partial charge >= 0.3 is 0 Å². The molecule has 0 spiro atoms. The van der Waals surface area contributed by atoms with Crippen LogP contribution in [-0.4, -0.2) is 19.5 Å². The van der Waals surface area contributed by atoms with E-state index in [9.17, 15) is 0 Å². The van der Waals surface area contributed by atoms with Crippen LogP contribution in [0.1, 0.15) is 59.3 Å². The van der Waals surface area contributed by atoms with Gasteiger partial charge in [0.1, 0.15) is 0 Å². The molecule has 0 atom stereocenters. The summed E-state index contributed by atoms with van der Waals surface area (Å²) in [5.74, 6) is 0. The summed E-state index contributed by atoms with van der Waals surface area (Å²) < 4.78 is 11.4. The Morgan fingerprint density at radius 1 is 0.889 bits per heavy atom. The molecule has 0 saturated heterocycles. The van der Waals surface area contributed by atoms with Crippen LogP contribution in [0, 0.1) is 0 Å². The standard InChI is InChI=1S/C16H30O2/c1-4-7-8-9-10-11-12-13-16(17-14-5-2)18-15-6-3/h7-10,16H,4-6,11-15H2,1-3H3. The molecule has 0 fully saturated rings. The third-order valence-electron chi connectivity index (χ3n) is 2.45. The fraction of sp³-hybridized carbons (Fsp3) is 0.750. The van der Waals surface area contributed by atoms with Gasteiger partial charge in [0.2, 0.25) is 0 Å². The van der Waals surface area contributed by atoms with Crippen LogP contribution in [0.25, 0.3) is 0 Å². The predicted octanol–water partition coefficient (Wildman–Crippen LogP) is 4.86. The number of hydrogen-bond acceptors (Lipinski definition) is 2. The first-order valence-corrected chi connectivity index (χ1v) is 7.39. The fourth-order valence-electron chi connectivity index (χ4n) is 1.51. The number of allylic oxidation sites excluding steroid dienone is 4. The second kappa shape index (κ2) is 14.5. The molecule has 0 aliphatic rings. The highest BCUT2D eigenvalue weighted by molar-refractivity contribution is 5.01. The maximum atomic E-state index is 5.68. The van der Waals surface area contributed by atoms with Crippen molar-refractivity contribution in [2.24, 2.45) is 0 Å². The molecule has 0 unspecified atom stereocenters. The van der Waals surface area contributed by atoms with Crippen molar-refractivity contribution in [2.45, 2.75) is 65.6 Å². The number of unbranched alkanes of at least 4 members (excludes halogenated alkanes) is 1. The number of rotatable bonds is 12. The van der Waals surface area contributed by atoms with Crippen molar-refractivity contribution in [3.63, 3.8) is 0 Å². The molecule has 106 valence electrons. The average Bonchev–Trinajstić information content (AvgIpc) is 2.40. The number of hydrogen-bond donors (Lipinski definition) is 0. The summed E-state index contributed by atoms with van der Waals surface area (Å²) in [5, 5.41) is 0. The molecule has 0 heterocycles. The van der Waals surface area contributed by atoms with Gasteiger partial charge in [-0.2, -0.15) is 0 Å². The lowest BCUT2D eigenvalue weighted by Crippen LogP contribution is -2.18. The topological polar surface area (TPSA) is 18.5 Å². The van der Waals surface area contributed by atoms with Crippen LogP contribution in [0.3, 0.4) is 0 Å². The first kappa shape index (κ1) is 17.4. The van der Waals surface area contributed by atoms with Gasteiger partial charge in [0, 0.05) is 13.2 Å². The van der Waals surface area contributed by atoms with E-state index in [-0.39, 0.29) is 6.29 Å². The third kappa shape index (κ3) is 11.9. The zero-order valence-corrected chi connectivity index (χ0v) is 12.4. The Hall–Kier alpha value is -0.600. The molecule has 18 heavy (non-hydrogen) atoms. The molecule has 0 aromatic carbocycles. The molecular formula is C16H30O2. The maximum Gasteiger partial charge on any atom is 0.157 e. The summed E-state index contributed by atoms with van der Waals surface area (Å²) in [6.45, 7) is 7.98. The van der Waals surface area contributed by atoms with E-state index in [0.29, 0.717) is 0 Å². The molecule has 0 aromatic rings. The second-order valence-corrected chi connectivity index (χ2v) is 4.37. The lowest BCUT2D eigenvalue weighted by Gasteiger charge is -2.17. The summed E-state index contributed by atoms with van der Waals surface area (Å²) in [6, 6.07) is 0. The quantitative estimate of drug-likeness (QED) is 0.281. The average molecular weight is 254 g/mol. The largest absolute Gasteiger partial charge is 0.353 e. The van der Waals surface area contributed by atoms with Gasteiger partial charge in [-0.25, -0.2) is 0 Å². The molecule has 0 bridgehead atoms. The summed E-state index contributed by atoms with van der Waals surface area (Å²) >= 11 is 0. The molecule has 0 saturated carbocycles. The molecule has 0 N–H and O–H groups in total. The monoisotopic (exact) mass is 254 g/mol. The van der Waals surface area contributed by atoms with Crippen LogP contribution in [0.2, 0.25) is 0 Å². The van der Waals surface area contributed by atoms with Crippen molar-refractivity contribution in [1.82, 2.24) is 0 Å². The molecule has 0 aliphatic carbocycles. The Bertz CT molecular complexity index is 201. The van der Waals surface area contributed by atoms with E-state index >= 15 is 0 Å². The smallest absolute Gasteiger partial charge is 0.157 e. The van der Waals surface area contributed by atoms with E-state index in [2.05, 4.69) is 45.1 Å². The summed E-state index contributed by atoms with van der Waals surface area (Å²) in [6.07, 6.45) is 15.0. The molecule has 2 nitrogen and oxygen atoms in total. The van der Waals surface area contributed by atoms with Gasteiger partial charge in [0.15, 0.2) is 6.29 Å². The lowest BCUT2D eigenvalue weighted by atomic mass is 10.2. The Morgan fingerprint density at radius 3 is 2.06 bits per heavy atom. The lowest BCUT2D eigenvalue weighted by molar-refractivity contribution is -0.146. The highest BCUT2D eigenvalue weighted by Gasteiger charge is 2.07. The molecular weight excluding hydrogens is 224 g/mol. The minimum absolute atomic E-state index is 0.00974. The van der Waals surface area contributed by atoms with E-state index < -0.39 is 0 Å². The first-order chi connectivity index (χ1) is 8.85. The fourth-order valence-corrected chi connectivity index (χ4v) is 1.51. The maximum absolute atomic E-state index is 5.68. The zero-order valence-electron chi connectivity index (χ0n) is 12.4. The summed E-state index contributed by atoms with van der Waals surface area (Å²) in [5.41, 5.74) is 0. The first-order valence-electron chi connectivity index (χ1n) is 7.39. The molecule has 0 aliphatic heterocycles. The summed E-state index contributed by atoms with van der Waals surface area (Å²) in [4.78, 5) is 0. The Labute approximate surface area is 113 Å². The van der Waals surface area contributed by atoms with Crippen molar-refractivity contribution in [3.05, 3.63) is 24.3 Å². The molecule has 2 heteroatoms. The van der Waals surface area contributed by atoms with Gasteiger partial charge in [-0.15, -0.1) is 0 Å². The normalized spacial score (nSPS) is 12.2. The Kier molecular flexibility index (Phi) is 14.0. The minimum atomic E-state index is -0.00974. The second-order valence-electron chi connectivity index (χ2n) is 4.37. The number of ether oxygens (including phenoxy) is 2. The van der Waals surface area contributed by atoms with E-state index in [1.807, 2.05) is 0 Å². The van der Waals surface area contributed by atoms with Gasteiger partial charge in [-0.1, -0.05) is 45.1 Å². The van der Waals surface area contributed by atoms with Crippen LogP contribution in [0.5, 0.6) is 0 Å². The van der Waals surface area contributed by atoms with Crippen LogP contribution < -0.4 is 0 Å². The van der Waals surface area contributed by atoms with Crippen LogP contribution in [0.4, 0.5) is 0 Å². The SMILES string of the molecule is CCC=CC=CCCCC(OCCC)OCCC. The van der Waals surface area contributed by atoms with E-state index in [1.54, 1.807) is 0 Å². The zero-order chi connectivity index (χ0) is 13.5. The van der Waals surface area contributed by atoms with Crippen molar-refractivity contribution in [1.29, 1.82) is 0 Å². The molecule has 0 rings (SSSR count). The molecule has 0 amide bonds. The Morgan fingerprint density at radius 2 is 1.50 bits per heavy atom. The Balaban J connectivity index is 3.66. The van der Waals surface area contributed by atoms with Crippen molar-refractivity contribution in [3.8, 4) is 0 Å². The van der Waals surface area contributed by atoms with Gasteiger partial charge < -0.3 is 9.47 Å². The van der Waals surface area contributed by atoms with Gasteiger partial charge in [-0.05, 0) is 38.5 Å². The van der Waals surface area contributed by atoms with Crippen molar-refractivity contribution in [2.75, 3.05) is 13.2 Å². The van der Waals surface area contributed by atoms with E-state index in [4.69, 9.17) is 9.47 Å². The minimum Gasteiger partial charge on any atom is -0.353 e. The van der Waals surface area contributed by atoms with Gasteiger partial charge in [0.25, 0.3) is 0 Å². The highest BCUT2D eigenvalue weighted by Crippen LogP contribution is 2.08. The summed E-state index contributed by atoms with van der Waals surface area (Å²) in [7, 11) is 0. The van der Waals surface area contributed by atoms with Gasteiger partial charge in [-0.3, -0.25) is 0 Å². The van der Waals surface area contributed by atoms with E-state index in [1.165, 1.54) is 0 Å². The predicted molar refractivity (Wildman–Crippen MR) is 78.7 cm³/mol. The molecule has 0 radical (unpaired) electrons. The third-order valence-corrected chi connectivity index (χ3v) is 2.45. The van der Waals surface area contributed by atoms with Crippen molar-refractivity contribution < 1.29 is 9.47 Å². The van der Waals surface area contributed by atoms with Crippen molar-refractivity contribution >= 4 is 0 Å². The van der Waals surface area contributed by atoms with Crippen LogP contribution in [-0.2, 0) is 9.47 Å². The van der Waals surface area contributed by atoms with Gasteiger partial charge in [0.05, 0.1) is 0 Å².